The van der Waals surface area contributed by atoms with Crippen LogP contribution < -0.4 is 4.74 Å². The molecule has 1 aromatic carbocycles. The summed E-state index contributed by atoms with van der Waals surface area (Å²) in [6.45, 7) is 12.7. The highest BCUT2D eigenvalue weighted by Gasteiger charge is 2.37. The molecule has 0 N–H and O–H groups in total. The van der Waals surface area contributed by atoms with Crippen molar-refractivity contribution >= 4 is 0 Å². The molecule has 1 saturated carbocycles. The lowest BCUT2D eigenvalue weighted by molar-refractivity contribution is 0.242. The Hall–Kier alpha value is -1.96. The van der Waals surface area contributed by atoms with Gasteiger partial charge in [-0.1, -0.05) is 69.5 Å². The first-order valence-corrected chi connectivity index (χ1v) is 9.95. The molecule has 0 amide bonds. The summed E-state index contributed by atoms with van der Waals surface area (Å²) in [6.07, 6.45) is 12.2. The number of hydrogen-bond acceptors (Lipinski definition) is 2. The van der Waals surface area contributed by atoms with E-state index in [4.69, 9.17) is 9.47 Å². The lowest BCUT2D eigenvalue weighted by Gasteiger charge is -2.40. The molecule has 1 aliphatic rings. The van der Waals surface area contributed by atoms with Crippen molar-refractivity contribution in [3.05, 3.63) is 66.0 Å². The fourth-order valence-corrected chi connectivity index (χ4v) is 3.78. The number of ether oxygens (including phenoxy) is 2. The van der Waals surface area contributed by atoms with Crippen molar-refractivity contribution in [2.45, 2.75) is 65.2 Å². The number of allylic oxidation sites excluding steroid dienone is 4. The molecule has 2 rings (SSSR count). The van der Waals surface area contributed by atoms with Crippen LogP contribution >= 0.6 is 0 Å². The molecular weight excluding hydrogens is 320 g/mol. The Morgan fingerprint density at radius 1 is 1.12 bits per heavy atom. The number of benzene rings is 1. The smallest absolute Gasteiger partial charge is 0.122 e. The van der Waals surface area contributed by atoms with Crippen LogP contribution in [0.1, 0.15) is 65.4 Å². The molecule has 0 aliphatic heterocycles. The standard InChI is InChI=1S/C22H30O2.C2H6/c1-5-19(24-6-2)15-14-18(3)22(16-10-7-11-17-22)20-12-8-9-13-21(20)23-4;1-2/h5,8-9,12-15H,1,6-7,10-11,16-17H2,2-4H3;1-2H3/b18-14+,19-15+;. The predicted octanol–water partition coefficient (Wildman–Crippen LogP) is 6.98. The van der Waals surface area contributed by atoms with E-state index < -0.39 is 0 Å². The summed E-state index contributed by atoms with van der Waals surface area (Å²) >= 11 is 0. The van der Waals surface area contributed by atoms with E-state index in [0.29, 0.717) is 6.61 Å². The van der Waals surface area contributed by atoms with E-state index in [-0.39, 0.29) is 5.41 Å². The van der Waals surface area contributed by atoms with Gasteiger partial charge in [0, 0.05) is 11.0 Å². The zero-order chi connectivity index (χ0) is 19.4. The maximum Gasteiger partial charge on any atom is 0.122 e. The first-order chi connectivity index (χ1) is 12.7. The SMILES string of the molecule is C=C/C(=C\C=C(/C)C1(c2ccccc2OC)CCCCC1)OCC.CC. The zero-order valence-electron chi connectivity index (χ0n) is 17.3. The van der Waals surface area contributed by atoms with Gasteiger partial charge in [-0.15, -0.1) is 0 Å². The molecular formula is C24H36O2. The fourth-order valence-electron chi connectivity index (χ4n) is 3.78. The van der Waals surface area contributed by atoms with Crippen LogP contribution in [0.5, 0.6) is 5.75 Å². The van der Waals surface area contributed by atoms with Crippen LogP contribution in [-0.4, -0.2) is 13.7 Å². The topological polar surface area (TPSA) is 18.5 Å². The van der Waals surface area contributed by atoms with E-state index >= 15 is 0 Å². The first kappa shape index (κ1) is 22.1. The van der Waals surface area contributed by atoms with Crippen LogP contribution in [0.3, 0.4) is 0 Å². The Morgan fingerprint density at radius 3 is 2.35 bits per heavy atom. The minimum atomic E-state index is 0.0554. The van der Waals surface area contributed by atoms with Gasteiger partial charge < -0.3 is 9.47 Å². The monoisotopic (exact) mass is 356 g/mol. The maximum atomic E-state index is 5.68. The number of methoxy groups -OCH3 is 1. The third kappa shape index (κ3) is 5.27. The Morgan fingerprint density at radius 2 is 1.77 bits per heavy atom. The summed E-state index contributed by atoms with van der Waals surface area (Å²) in [6, 6.07) is 8.46. The summed E-state index contributed by atoms with van der Waals surface area (Å²) in [5.74, 6) is 1.81. The van der Waals surface area contributed by atoms with Crippen molar-refractivity contribution in [3.8, 4) is 5.75 Å². The van der Waals surface area contributed by atoms with Gasteiger partial charge in [0.25, 0.3) is 0 Å². The Kier molecular flexibility index (Phi) is 9.87. The van der Waals surface area contributed by atoms with E-state index in [9.17, 15) is 0 Å². The van der Waals surface area contributed by atoms with Gasteiger partial charge in [-0.25, -0.2) is 0 Å². The average molecular weight is 357 g/mol. The molecule has 0 saturated heterocycles. The van der Waals surface area contributed by atoms with Gasteiger partial charge in [-0.2, -0.15) is 0 Å². The van der Waals surface area contributed by atoms with Crippen molar-refractivity contribution in [1.29, 1.82) is 0 Å². The second kappa shape index (κ2) is 11.6. The van der Waals surface area contributed by atoms with Gasteiger partial charge in [0.15, 0.2) is 0 Å². The van der Waals surface area contributed by atoms with Crippen LogP contribution in [0.25, 0.3) is 0 Å². The van der Waals surface area contributed by atoms with Crippen molar-refractivity contribution in [2.24, 2.45) is 0 Å². The highest BCUT2D eigenvalue weighted by Crippen LogP contribution is 2.48. The van der Waals surface area contributed by atoms with Crippen molar-refractivity contribution in [1.82, 2.24) is 0 Å². The normalized spacial score (nSPS) is 17.0. The molecule has 0 spiro atoms. The molecule has 0 heterocycles. The van der Waals surface area contributed by atoms with Crippen LogP contribution in [0.15, 0.2) is 60.4 Å². The summed E-state index contributed by atoms with van der Waals surface area (Å²) in [7, 11) is 1.76. The molecule has 1 aliphatic carbocycles. The molecule has 144 valence electrons. The highest BCUT2D eigenvalue weighted by molar-refractivity contribution is 5.46. The van der Waals surface area contributed by atoms with Crippen molar-refractivity contribution in [2.75, 3.05) is 13.7 Å². The third-order valence-corrected chi connectivity index (χ3v) is 5.09. The second-order valence-corrected chi connectivity index (χ2v) is 6.40. The van der Waals surface area contributed by atoms with Gasteiger partial charge in [0.2, 0.25) is 0 Å². The zero-order valence-corrected chi connectivity index (χ0v) is 17.3. The lowest BCUT2D eigenvalue weighted by Crippen LogP contribution is -2.31. The molecule has 2 nitrogen and oxygen atoms in total. The predicted molar refractivity (Wildman–Crippen MR) is 113 cm³/mol. The van der Waals surface area contributed by atoms with E-state index in [2.05, 4.69) is 37.8 Å². The number of rotatable bonds is 7. The number of hydrogen-bond donors (Lipinski definition) is 0. The van der Waals surface area contributed by atoms with Crippen LogP contribution in [0.4, 0.5) is 0 Å². The van der Waals surface area contributed by atoms with Gasteiger partial charge in [-0.3, -0.25) is 0 Å². The molecule has 0 unspecified atom stereocenters. The van der Waals surface area contributed by atoms with Crippen LogP contribution in [-0.2, 0) is 10.2 Å². The molecule has 26 heavy (non-hydrogen) atoms. The van der Waals surface area contributed by atoms with E-state index in [1.54, 1.807) is 13.2 Å². The molecule has 0 bridgehead atoms. The van der Waals surface area contributed by atoms with Crippen LogP contribution in [0, 0.1) is 0 Å². The Labute approximate surface area is 160 Å². The average Bonchev–Trinajstić information content (AvgIpc) is 2.72. The number of para-hydroxylation sites is 1. The minimum Gasteiger partial charge on any atom is -0.496 e. The lowest BCUT2D eigenvalue weighted by atomic mass is 9.65. The van der Waals surface area contributed by atoms with Crippen molar-refractivity contribution < 1.29 is 9.47 Å². The van der Waals surface area contributed by atoms with E-state index in [0.717, 1.165) is 11.5 Å². The molecule has 2 heteroatoms. The fraction of sp³-hybridized carbons (Fsp3) is 0.500. The second-order valence-electron chi connectivity index (χ2n) is 6.40. The molecule has 1 fully saturated rings. The Balaban J connectivity index is 0.00000163. The molecule has 0 aromatic heterocycles. The third-order valence-electron chi connectivity index (χ3n) is 5.09. The highest BCUT2D eigenvalue weighted by atomic mass is 16.5. The van der Waals surface area contributed by atoms with Crippen molar-refractivity contribution in [3.63, 3.8) is 0 Å². The molecule has 0 radical (unpaired) electrons. The maximum absolute atomic E-state index is 5.68. The summed E-state index contributed by atoms with van der Waals surface area (Å²) < 4.78 is 11.3. The summed E-state index contributed by atoms with van der Waals surface area (Å²) in [4.78, 5) is 0. The Bertz CT molecular complexity index is 604. The van der Waals surface area contributed by atoms with Gasteiger partial charge in [0.1, 0.15) is 11.5 Å². The van der Waals surface area contributed by atoms with E-state index in [1.807, 2.05) is 32.9 Å². The summed E-state index contributed by atoms with van der Waals surface area (Å²) in [5.41, 5.74) is 2.73. The van der Waals surface area contributed by atoms with Gasteiger partial charge >= 0.3 is 0 Å². The largest absolute Gasteiger partial charge is 0.496 e. The summed E-state index contributed by atoms with van der Waals surface area (Å²) in [5, 5.41) is 0. The van der Waals surface area contributed by atoms with Gasteiger partial charge in [0.05, 0.1) is 13.7 Å². The molecule has 1 aromatic rings. The minimum absolute atomic E-state index is 0.0554. The van der Waals surface area contributed by atoms with E-state index in [1.165, 1.54) is 43.2 Å². The van der Waals surface area contributed by atoms with Crippen LogP contribution in [0.2, 0.25) is 0 Å². The quantitative estimate of drug-likeness (QED) is 0.388. The molecule has 0 atom stereocenters. The van der Waals surface area contributed by atoms with Gasteiger partial charge in [-0.05, 0) is 44.9 Å². The first-order valence-electron chi connectivity index (χ1n) is 9.95.